The summed E-state index contributed by atoms with van der Waals surface area (Å²) in [5, 5.41) is 9.96. The Morgan fingerprint density at radius 2 is 2.00 bits per heavy atom. The second-order valence-corrected chi connectivity index (χ2v) is 4.65. The molecule has 2 aromatic carbocycles. The first-order valence-electron chi connectivity index (χ1n) is 5.91. The summed E-state index contributed by atoms with van der Waals surface area (Å²) in [7, 11) is 0. The molecule has 2 nitrogen and oxygen atoms in total. The standard InChI is InChI=1S/C15H14ClFO2/c1-10(18)13-7-6-12(8-15(13)17)19-9-11-4-2-3-5-14(11)16/h2-8,10,18H,9H2,1H3/t10-/m0/s1. The van der Waals surface area contributed by atoms with E-state index in [0.29, 0.717) is 10.8 Å². The van der Waals surface area contributed by atoms with E-state index >= 15 is 0 Å². The third-order valence-corrected chi connectivity index (χ3v) is 3.14. The molecule has 0 aliphatic heterocycles. The van der Waals surface area contributed by atoms with Crippen molar-refractivity contribution in [2.75, 3.05) is 0 Å². The minimum atomic E-state index is -0.836. The van der Waals surface area contributed by atoms with Crippen LogP contribution in [0.1, 0.15) is 24.2 Å². The Labute approximate surface area is 116 Å². The first-order valence-corrected chi connectivity index (χ1v) is 6.29. The number of hydrogen-bond acceptors (Lipinski definition) is 2. The van der Waals surface area contributed by atoms with Gasteiger partial charge in [-0.2, -0.15) is 0 Å². The molecule has 0 aliphatic carbocycles. The molecule has 19 heavy (non-hydrogen) atoms. The SMILES string of the molecule is C[C@H](O)c1ccc(OCc2ccccc2Cl)cc1F. The van der Waals surface area contributed by atoms with Crippen LogP contribution in [-0.4, -0.2) is 5.11 Å². The summed E-state index contributed by atoms with van der Waals surface area (Å²) in [5.41, 5.74) is 1.09. The molecule has 0 aliphatic rings. The van der Waals surface area contributed by atoms with E-state index in [1.807, 2.05) is 18.2 Å². The number of benzene rings is 2. The van der Waals surface area contributed by atoms with Crippen LogP contribution in [0, 0.1) is 5.82 Å². The highest BCUT2D eigenvalue weighted by atomic mass is 35.5. The van der Waals surface area contributed by atoms with E-state index in [2.05, 4.69) is 0 Å². The van der Waals surface area contributed by atoms with E-state index in [9.17, 15) is 9.50 Å². The molecule has 0 amide bonds. The van der Waals surface area contributed by atoms with Crippen LogP contribution in [0.25, 0.3) is 0 Å². The first-order chi connectivity index (χ1) is 9.08. The Bertz CT molecular complexity index is 570. The Morgan fingerprint density at radius 3 is 2.63 bits per heavy atom. The number of ether oxygens (including phenoxy) is 1. The van der Waals surface area contributed by atoms with Crippen LogP contribution in [0.2, 0.25) is 5.02 Å². The number of aliphatic hydroxyl groups is 1. The maximum atomic E-state index is 13.6. The Morgan fingerprint density at radius 1 is 1.26 bits per heavy atom. The molecule has 4 heteroatoms. The molecular weight excluding hydrogens is 267 g/mol. The predicted molar refractivity (Wildman–Crippen MR) is 72.8 cm³/mol. The number of rotatable bonds is 4. The van der Waals surface area contributed by atoms with Gasteiger partial charge in [-0.1, -0.05) is 29.8 Å². The second kappa shape index (κ2) is 6.04. The summed E-state index contributed by atoms with van der Waals surface area (Å²) in [4.78, 5) is 0. The van der Waals surface area contributed by atoms with Gasteiger partial charge >= 0.3 is 0 Å². The maximum Gasteiger partial charge on any atom is 0.132 e. The Balaban J connectivity index is 2.08. The zero-order chi connectivity index (χ0) is 13.8. The van der Waals surface area contributed by atoms with Crippen LogP contribution in [0.15, 0.2) is 42.5 Å². The molecular formula is C15H14ClFO2. The average Bonchev–Trinajstić information content (AvgIpc) is 2.37. The van der Waals surface area contributed by atoms with E-state index in [4.69, 9.17) is 16.3 Å². The number of hydrogen-bond donors (Lipinski definition) is 1. The van der Waals surface area contributed by atoms with Crippen molar-refractivity contribution in [3.63, 3.8) is 0 Å². The zero-order valence-corrected chi connectivity index (χ0v) is 11.2. The summed E-state index contributed by atoms with van der Waals surface area (Å²) in [6.45, 7) is 1.79. The molecule has 0 heterocycles. The van der Waals surface area contributed by atoms with Gasteiger partial charge in [-0.25, -0.2) is 4.39 Å². The van der Waals surface area contributed by atoms with Gasteiger partial charge in [0, 0.05) is 22.2 Å². The minimum absolute atomic E-state index is 0.255. The fraction of sp³-hybridized carbons (Fsp3) is 0.200. The lowest BCUT2D eigenvalue weighted by Gasteiger charge is -2.10. The smallest absolute Gasteiger partial charge is 0.132 e. The molecule has 1 atom stereocenters. The summed E-state index contributed by atoms with van der Waals surface area (Å²) in [6.07, 6.45) is -0.836. The van der Waals surface area contributed by atoms with E-state index in [1.165, 1.54) is 19.1 Å². The van der Waals surface area contributed by atoms with E-state index < -0.39 is 11.9 Å². The van der Waals surface area contributed by atoms with E-state index in [1.54, 1.807) is 12.1 Å². The third kappa shape index (κ3) is 3.46. The molecule has 0 saturated heterocycles. The minimum Gasteiger partial charge on any atom is -0.489 e. The molecule has 2 rings (SSSR count). The summed E-state index contributed by atoms with van der Waals surface area (Å²) in [5.74, 6) is -0.0755. The van der Waals surface area contributed by atoms with Gasteiger partial charge in [0.15, 0.2) is 0 Å². The van der Waals surface area contributed by atoms with Crippen LogP contribution in [0.4, 0.5) is 4.39 Å². The van der Waals surface area contributed by atoms with Crippen LogP contribution in [0.3, 0.4) is 0 Å². The lowest BCUT2D eigenvalue weighted by Crippen LogP contribution is -1.99. The molecule has 0 aromatic heterocycles. The van der Waals surface area contributed by atoms with Crippen LogP contribution in [0.5, 0.6) is 5.75 Å². The van der Waals surface area contributed by atoms with Crippen molar-refractivity contribution in [2.24, 2.45) is 0 Å². The monoisotopic (exact) mass is 280 g/mol. The van der Waals surface area contributed by atoms with Crippen molar-refractivity contribution in [2.45, 2.75) is 19.6 Å². The molecule has 0 spiro atoms. The van der Waals surface area contributed by atoms with Gasteiger partial charge < -0.3 is 9.84 Å². The van der Waals surface area contributed by atoms with Gasteiger partial charge in [0.05, 0.1) is 6.10 Å². The summed E-state index contributed by atoms with van der Waals surface area (Å²) in [6, 6.07) is 11.7. The molecule has 0 bridgehead atoms. The average molecular weight is 281 g/mol. The van der Waals surface area contributed by atoms with E-state index in [-0.39, 0.29) is 12.2 Å². The second-order valence-electron chi connectivity index (χ2n) is 4.24. The van der Waals surface area contributed by atoms with Crippen LogP contribution < -0.4 is 4.74 Å². The maximum absolute atomic E-state index is 13.6. The van der Waals surface area contributed by atoms with Gasteiger partial charge in [0.2, 0.25) is 0 Å². The van der Waals surface area contributed by atoms with Crippen molar-refractivity contribution < 1.29 is 14.2 Å². The predicted octanol–water partition coefficient (Wildman–Crippen LogP) is 4.11. The molecule has 100 valence electrons. The fourth-order valence-corrected chi connectivity index (χ4v) is 1.90. The summed E-state index contributed by atoms with van der Waals surface area (Å²) < 4.78 is 19.1. The number of halogens is 2. The highest BCUT2D eigenvalue weighted by Crippen LogP contribution is 2.23. The highest BCUT2D eigenvalue weighted by molar-refractivity contribution is 6.31. The number of aliphatic hydroxyl groups excluding tert-OH is 1. The van der Waals surface area contributed by atoms with Crippen LogP contribution >= 0.6 is 11.6 Å². The molecule has 0 saturated carbocycles. The van der Waals surface area contributed by atoms with Crippen molar-refractivity contribution >= 4 is 11.6 Å². The van der Waals surface area contributed by atoms with E-state index in [0.717, 1.165) is 5.56 Å². The van der Waals surface area contributed by atoms with Crippen molar-refractivity contribution in [3.8, 4) is 5.75 Å². The topological polar surface area (TPSA) is 29.5 Å². The molecule has 1 N–H and O–H groups in total. The largest absolute Gasteiger partial charge is 0.489 e. The molecule has 2 aromatic rings. The van der Waals surface area contributed by atoms with Crippen molar-refractivity contribution in [3.05, 3.63) is 64.4 Å². The first kappa shape index (κ1) is 13.8. The molecule has 0 unspecified atom stereocenters. The lowest BCUT2D eigenvalue weighted by atomic mass is 10.1. The molecule has 0 radical (unpaired) electrons. The van der Waals surface area contributed by atoms with Gasteiger partial charge in [-0.05, 0) is 25.1 Å². The van der Waals surface area contributed by atoms with Crippen molar-refractivity contribution in [1.82, 2.24) is 0 Å². The lowest BCUT2D eigenvalue weighted by molar-refractivity contribution is 0.194. The van der Waals surface area contributed by atoms with Gasteiger partial charge in [-0.3, -0.25) is 0 Å². The van der Waals surface area contributed by atoms with Crippen molar-refractivity contribution in [1.29, 1.82) is 0 Å². The van der Waals surface area contributed by atoms with Gasteiger partial charge in [0.25, 0.3) is 0 Å². The van der Waals surface area contributed by atoms with Gasteiger partial charge in [0.1, 0.15) is 18.2 Å². The van der Waals surface area contributed by atoms with Gasteiger partial charge in [-0.15, -0.1) is 0 Å². The normalized spacial score (nSPS) is 12.2. The Kier molecular flexibility index (Phi) is 4.40. The Hall–Kier alpha value is -1.58. The summed E-state index contributed by atoms with van der Waals surface area (Å²) >= 11 is 6.00. The highest BCUT2D eigenvalue weighted by Gasteiger charge is 2.09. The molecule has 0 fully saturated rings. The fourth-order valence-electron chi connectivity index (χ4n) is 1.71. The zero-order valence-electron chi connectivity index (χ0n) is 10.4. The van der Waals surface area contributed by atoms with Crippen LogP contribution in [-0.2, 0) is 6.61 Å². The third-order valence-electron chi connectivity index (χ3n) is 2.77. The quantitative estimate of drug-likeness (QED) is 0.913.